The number of carbonyl (C=O) groups excluding carboxylic acids is 3. The van der Waals surface area contributed by atoms with Crippen LogP contribution in [0, 0.1) is 0 Å². The Morgan fingerprint density at radius 2 is 1.72 bits per heavy atom. The van der Waals surface area contributed by atoms with Gasteiger partial charge in [-0.15, -0.1) is 11.3 Å². The molecule has 1 fully saturated rings. The van der Waals surface area contributed by atoms with Crippen molar-refractivity contribution in [3.05, 3.63) is 71.6 Å². The lowest BCUT2D eigenvalue weighted by atomic mass is 10.1. The van der Waals surface area contributed by atoms with Crippen molar-refractivity contribution in [1.82, 2.24) is 24.8 Å². The van der Waals surface area contributed by atoms with Gasteiger partial charge in [0.2, 0.25) is 0 Å². The summed E-state index contributed by atoms with van der Waals surface area (Å²) in [5, 5.41) is 0. The van der Waals surface area contributed by atoms with Gasteiger partial charge in [-0.3, -0.25) is 24.4 Å². The molecule has 5 rings (SSSR count). The Hall–Kier alpha value is -3.85. The molecule has 1 aliphatic heterocycles. The number of aromatic nitrogens is 3. The number of nitrogens with one attached hydrogen (secondary N) is 1. The monoisotopic (exact) mass is 445 g/mol. The molecule has 1 N–H and O–H groups in total. The van der Waals surface area contributed by atoms with Gasteiger partial charge in [-0.25, -0.2) is 0 Å². The molecule has 0 atom stereocenters. The molecule has 0 saturated carbocycles. The Balaban J connectivity index is 1.31. The molecule has 0 radical (unpaired) electrons. The third-order valence-corrected chi connectivity index (χ3v) is 6.38. The highest BCUT2D eigenvalue weighted by molar-refractivity contribution is 7.13. The van der Waals surface area contributed by atoms with E-state index in [1.807, 2.05) is 24.3 Å². The standard InChI is InChI=1S/C23H19N5O3S/c29-21(17-12-26-19-16(6-7-25-20(17)19)18-13-24-14-32-18)23(31)28-10-8-27(9-11-28)22(30)15-4-2-1-3-5-15/h1-7,12-14,26H,8-11H2. The number of Topliss-reactive ketones (excluding diaryl/α,β-unsaturated/α-hetero) is 1. The van der Waals surface area contributed by atoms with Crippen LogP contribution in [0.4, 0.5) is 0 Å². The first-order valence-corrected chi connectivity index (χ1v) is 11.0. The minimum atomic E-state index is -0.604. The summed E-state index contributed by atoms with van der Waals surface area (Å²) >= 11 is 1.49. The number of H-pyrrole nitrogens is 1. The van der Waals surface area contributed by atoms with E-state index in [2.05, 4.69) is 15.0 Å². The lowest BCUT2D eigenvalue weighted by molar-refractivity contribution is -0.127. The second-order valence-corrected chi connectivity index (χ2v) is 8.32. The number of hydrogen-bond acceptors (Lipinski definition) is 6. The smallest absolute Gasteiger partial charge is 0.295 e. The number of fused-ring (bicyclic) bond motifs is 1. The zero-order valence-corrected chi connectivity index (χ0v) is 17.8. The number of carbonyl (C=O) groups is 3. The number of aromatic amines is 1. The first-order valence-electron chi connectivity index (χ1n) is 10.2. The maximum absolute atomic E-state index is 13.0. The number of amides is 2. The van der Waals surface area contributed by atoms with Crippen molar-refractivity contribution in [2.75, 3.05) is 26.2 Å². The Labute approximate surface area is 187 Å². The molecular weight excluding hydrogens is 426 g/mol. The number of rotatable bonds is 4. The maximum Gasteiger partial charge on any atom is 0.295 e. The van der Waals surface area contributed by atoms with Crippen LogP contribution in [0.2, 0.25) is 0 Å². The highest BCUT2D eigenvalue weighted by Crippen LogP contribution is 2.30. The van der Waals surface area contributed by atoms with Gasteiger partial charge < -0.3 is 14.8 Å². The molecule has 160 valence electrons. The van der Waals surface area contributed by atoms with Crippen LogP contribution in [-0.4, -0.2) is 68.5 Å². The third-order valence-electron chi connectivity index (χ3n) is 5.58. The van der Waals surface area contributed by atoms with Crippen LogP contribution in [-0.2, 0) is 4.79 Å². The molecule has 8 nitrogen and oxygen atoms in total. The van der Waals surface area contributed by atoms with E-state index in [0.717, 1.165) is 10.4 Å². The Morgan fingerprint density at radius 3 is 2.44 bits per heavy atom. The van der Waals surface area contributed by atoms with Crippen molar-refractivity contribution >= 4 is 40.0 Å². The van der Waals surface area contributed by atoms with Gasteiger partial charge in [0, 0.05) is 55.9 Å². The molecule has 1 aliphatic rings. The summed E-state index contributed by atoms with van der Waals surface area (Å²) in [6.07, 6.45) is 4.92. The van der Waals surface area contributed by atoms with Gasteiger partial charge in [0.15, 0.2) is 0 Å². The maximum atomic E-state index is 13.0. The minimum absolute atomic E-state index is 0.0690. The number of benzene rings is 1. The number of pyridine rings is 1. The second-order valence-electron chi connectivity index (χ2n) is 7.43. The van der Waals surface area contributed by atoms with Crippen LogP contribution in [0.3, 0.4) is 0 Å². The molecule has 0 unspecified atom stereocenters. The zero-order chi connectivity index (χ0) is 22.1. The topological polar surface area (TPSA) is 99.3 Å². The van der Waals surface area contributed by atoms with Crippen molar-refractivity contribution in [2.24, 2.45) is 0 Å². The van der Waals surface area contributed by atoms with Gasteiger partial charge in [0.05, 0.1) is 27.0 Å². The summed E-state index contributed by atoms with van der Waals surface area (Å²) in [7, 11) is 0. The fourth-order valence-corrected chi connectivity index (χ4v) is 4.54. The van der Waals surface area contributed by atoms with E-state index in [9.17, 15) is 14.4 Å². The number of hydrogen-bond donors (Lipinski definition) is 1. The normalized spacial score (nSPS) is 14.0. The van der Waals surface area contributed by atoms with E-state index in [1.54, 1.807) is 34.9 Å². The van der Waals surface area contributed by atoms with Gasteiger partial charge >= 0.3 is 0 Å². The fraction of sp³-hybridized carbons (Fsp3) is 0.174. The third kappa shape index (κ3) is 3.56. The summed E-state index contributed by atoms with van der Waals surface area (Å²) in [5.74, 6) is -1.25. The fourth-order valence-electron chi connectivity index (χ4n) is 3.89. The highest BCUT2D eigenvalue weighted by Gasteiger charge is 2.30. The van der Waals surface area contributed by atoms with Crippen molar-refractivity contribution in [1.29, 1.82) is 0 Å². The van der Waals surface area contributed by atoms with Crippen LogP contribution in [0.25, 0.3) is 21.5 Å². The predicted molar refractivity (Wildman–Crippen MR) is 120 cm³/mol. The molecule has 3 aromatic heterocycles. The van der Waals surface area contributed by atoms with Crippen LogP contribution in [0.15, 0.2) is 60.5 Å². The van der Waals surface area contributed by atoms with Crippen LogP contribution in [0.5, 0.6) is 0 Å². The summed E-state index contributed by atoms with van der Waals surface area (Å²) in [6, 6.07) is 10.9. The zero-order valence-electron chi connectivity index (χ0n) is 17.0. The lowest BCUT2D eigenvalue weighted by Crippen LogP contribution is -2.52. The van der Waals surface area contributed by atoms with Gasteiger partial charge in [-0.2, -0.15) is 0 Å². The number of piperazine rings is 1. The number of ketones is 1. The molecule has 0 bridgehead atoms. The van der Waals surface area contributed by atoms with E-state index in [-0.39, 0.29) is 11.5 Å². The summed E-state index contributed by atoms with van der Waals surface area (Å²) in [5.41, 5.74) is 4.65. The SMILES string of the molecule is O=C(C(=O)N1CCN(C(=O)c2ccccc2)CC1)c1c[nH]c2c(-c3cncs3)ccnc12. The predicted octanol–water partition coefficient (Wildman–Crippen LogP) is 2.85. The molecule has 4 heterocycles. The molecule has 2 amide bonds. The summed E-state index contributed by atoms with van der Waals surface area (Å²) < 4.78 is 0. The van der Waals surface area contributed by atoms with Crippen LogP contribution < -0.4 is 0 Å². The van der Waals surface area contributed by atoms with Crippen LogP contribution >= 0.6 is 11.3 Å². The minimum Gasteiger partial charge on any atom is -0.359 e. The van der Waals surface area contributed by atoms with Crippen molar-refractivity contribution in [2.45, 2.75) is 0 Å². The molecule has 0 aliphatic carbocycles. The summed E-state index contributed by atoms with van der Waals surface area (Å²) in [4.78, 5) is 54.2. The second kappa shape index (κ2) is 8.35. The van der Waals surface area contributed by atoms with Crippen LogP contribution in [0.1, 0.15) is 20.7 Å². The van der Waals surface area contributed by atoms with Gasteiger partial charge in [0.1, 0.15) is 0 Å². The quantitative estimate of drug-likeness (QED) is 0.385. The molecular formula is C23H19N5O3S. The Morgan fingerprint density at radius 1 is 0.969 bits per heavy atom. The van der Waals surface area contributed by atoms with Crippen molar-refractivity contribution in [3.8, 4) is 10.4 Å². The summed E-state index contributed by atoms with van der Waals surface area (Å²) in [6.45, 7) is 1.39. The molecule has 9 heteroatoms. The van der Waals surface area contributed by atoms with Crippen molar-refractivity contribution in [3.63, 3.8) is 0 Å². The van der Waals surface area contributed by atoms with E-state index in [0.29, 0.717) is 42.8 Å². The highest BCUT2D eigenvalue weighted by atomic mass is 32.1. The largest absolute Gasteiger partial charge is 0.359 e. The van der Waals surface area contributed by atoms with Gasteiger partial charge in [-0.05, 0) is 18.2 Å². The van der Waals surface area contributed by atoms with E-state index in [4.69, 9.17) is 0 Å². The first kappa shape index (κ1) is 20.1. The average Bonchev–Trinajstić information content (AvgIpc) is 3.53. The Bertz CT molecular complexity index is 1290. The molecule has 1 saturated heterocycles. The van der Waals surface area contributed by atoms with E-state index in [1.165, 1.54) is 22.4 Å². The van der Waals surface area contributed by atoms with Gasteiger partial charge in [0.25, 0.3) is 17.6 Å². The van der Waals surface area contributed by atoms with E-state index < -0.39 is 11.7 Å². The lowest BCUT2D eigenvalue weighted by Gasteiger charge is -2.34. The average molecular weight is 446 g/mol. The molecule has 4 aromatic rings. The number of nitrogens with zero attached hydrogens (tertiary/aromatic N) is 4. The Kier molecular flexibility index (Phi) is 5.24. The molecule has 0 spiro atoms. The molecule has 32 heavy (non-hydrogen) atoms. The molecule has 1 aromatic carbocycles. The van der Waals surface area contributed by atoms with Gasteiger partial charge in [-0.1, -0.05) is 18.2 Å². The van der Waals surface area contributed by atoms with E-state index >= 15 is 0 Å². The first-order chi connectivity index (χ1) is 15.6. The number of thiazole rings is 1. The van der Waals surface area contributed by atoms with Crippen molar-refractivity contribution < 1.29 is 14.4 Å².